The van der Waals surface area contributed by atoms with Crippen molar-refractivity contribution in [1.29, 1.82) is 5.26 Å². The van der Waals surface area contributed by atoms with Crippen LogP contribution in [0.3, 0.4) is 0 Å². The number of nitriles is 1. The first-order valence-corrected chi connectivity index (χ1v) is 10.2. The van der Waals surface area contributed by atoms with Gasteiger partial charge in [0.15, 0.2) is 0 Å². The third-order valence-corrected chi connectivity index (χ3v) is 5.72. The highest BCUT2D eigenvalue weighted by Crippen LogP contribution is 2.27. The Kier molecular flexibility index (Phi) is 6.07. The third-order valence-electron chi connectivity index (χ3n) is 5.72. The van der Waals surface area contributed by atoms with Gasteiger partial charge in [0.05, 0.1) is 17.7 Å². The molecule has 1 amide bonds. The van der Waals surface area contributed by atoms with Crippen LogP contribution in [0.1, 0.15) is 36.0 Å². The molecule has 1 aliphatic heterocycles. The predicted molar refractivity (Wildman–Crippen MR) is 114 cm³/mol. The molecule has 31 heavy (non-hydrogen) atoms. The van der Waals surface area contributed by atoms with Gasteiger partial charge in [0.1, 0.15) is 6.04 Å². The number of amides is 1. The van der Waals surface area contributed by atoms with Crippen LogP contribution in [0.5, 0.6) is 0 Å². The molecule has 4 rings (SSSR count). The van der Waals surface area contributed by atoms with Gasteiger partial charge in [-0.05, 0) is 24.6 Å². The highest BCUT2D eigenvalue weighted by Gasteiger charge is 2.32. The van der Waals surface area contributed by atoms with E-state index >= 15 is 0 Å². The molecule has 1 fully saturated rings. The highest BCUT2D eigenvalue weighted by atomic mass is 16.5. The Balaban J connectivity index is 1.42. The van der Waals surface area contributed by atoms with Crippen LogP contribution in [-0.2, 0) is 4.79 Å². The lowest BCUT2D eigenvalue weighted by Crippen LogP contribution is -2.50. The fourth-order valence-corrected chi connectivity index (χ4v) is 3.94. The maximum absolute atomic E-state index is 12.2. The summed E-state index contributed by atoms with van der Waals surface area (Å²) in [5.74, 6) is 0.761. The third kappa shape index (κ3) is 4.48. The molecular formula is C23H24N6O2. The Hall–Kier alpha value is -3.54. The van der Waals surface area contributed by atoms with Crippen molar-refractivity contribution in [2.24, 2.45) is 5.73 Å². The van der Waals surface area contributed by atoms with Crippen LogP contribution in [0.2, 0.25) is 0 Å². The highest BCUT2D eigenvalue weighted by molar-refractivity contribution is 5.81. The fourth-order valence-electron chi connectivity index (χ4n) is 3.94. The molecule has 158 valence electrons. The Bertz CT molecular complexity index is 1070. The van der Waals surface area contributed by atoms with E-state index in [1.807, 2.05) is 37.3 Å². The Morgan fingerprint density at radius 1 is 1.06 bits per heavy atom. The summed E-state index contributed by atoms with van der Waals surface area (Å²) in [7, 11) is 0. The van der Waals surface area contributed by atoms with Crippen molar-refractivity contribution in [3.8, 4) is 17.5 Å². The summed E-state index contributed by atoms with van der Waals surface area (Å²) in [5, 5.41) is 13.1. The summed E-state index contributed by atoms with van der Waals surface area (Å²) in [4.78, 5) is 21.1. The van der Waals surface area contributed by atoms with Crippen molar-refractivity contribution in [2.45, 2.75) is 19.0 Å². The van der Waals surface area contributed by atoms with Crippen LogP contribution in [0.25, 0.3) is 11.4 Å². The number of rotatable bonds is 6. The molecule has 2 N–H and O–H groups in total. The minimum absolute atomic E-state index is 0.0333. The monoisotopic (exact) mass is 416 g/mol. The van der Waals surface area contributed by atoms with E-state index in [9.17, 15) is 4.79 Å². The molecule has 8 heteroatoms. The molecule has 0 spiro atoms. The SMILES string of the molecule is CC(c1nc(-c2ccccc2)no1)N1CCN(C(C(N)=O)c2ccc(C#N)cc2)CC1. The van der Waals surface area contributed by atoms with Gasteiger partial charge in [-0.25, -0.2) is 0 Å². The molecule has 8 nitrogen and oxygen atoms in total. The van der Waals surface area contributed by atoms with Crippen molar-refractivity contribution in [1.82, 2.24) is 19.9 Å². The zero-order chi connectivity index (χ0) is 21.8. The second kappa shape index (κ2) is 9.08. The van der Waals surface area contributed by atoms with Gasteiger partial charge in [-0.15, -0.1) is 0 Å². The molecule has 3 aromatic rings. The number of nitrogens with zero attached hydrogens (tertiary/aromatic N) is 5. The van der Waals surface area contributed by atoms with Gasteiger partial charge in [0.25, 0.3) is 0 Å². The summed E-state index contributed by atoms with van der Waals surface area (Å²) >= 11 is 0. The lowest BCUT2D eigenvalue weighted by atomic mass is 10.0. The molecule has 0 radical (unpaired) electrons. The number of nitrogens with two attached hydrogens (primary N) is 1. The molecule has 2 aromatic carbocycles. The van der Waals surface area contributed by atoms with Crippen LogP contribution >= 0.6 is 0 Å². The van der Waals surface area contributed by atoms with Crippen LogP contribution in [-0.4, -0.2) is 52.0 Å². The van der Waals surface area contributed by atoms with E-state index < -0.39 is 11.9 Å². The van der Waals surface area contributed by atoms with Crippen LogP contribution in [0.4, 0.5) is 0 Å². The maximum atomic E-state index is 12.2. The van der Waals surface area contributed by atoms with E-state index in [1.165, 1.54) is 0 Å². The molecule has 2 unspecified atom stereocenters. The van der Waals surface area contributed by atoms with E-state index in [2.05, 4.69) is 26.0 Å². The summed E-state index contributed by atoms with van der Waals surface area (Å²) < 4.78 is 5.52. The number of carbonyl (C=O) groups is 1. The number of benzene rings is 2. The van der Waals surface area contributed by atoms with E-state index in [4.69, 9.17) is 15.5 Å². The number of primary amides is 1. The first-order chi connectivity index (χ1) is 15.1. The maximum Gasteiger partial charge on any atom is 0.244 e. The zero-order valence-corrected chi connectivity index (χ0v) is 17.3. The number of hydrogen-bond acceptors (Lipinski definition) is 7. The van der Waals surface area contributed by atoms with Crippen molar-refractivity contribution >= 4 is 5.91 Å². The Morgan fingerprint density at radius 2 is 1.71 bits per heavy atom. The summed E-state index contributed by atoms with van der Waals surface area (Å²) in [6.45, 7) is 4.88. The van der Waals surface area contributed by atoms with Gasteiger partial charge in [0.2, 0.25) is 17.6 Å². The molecule has 1 aliphatic rings. The molecule has 0 saturated carbocycles. The van der Waals surface area contributed by atoms with Crippen molar-refractivity contribution in [3.05, 3.63) is 71.6 Å². The standard InChI is InChI=1S/C23H24N6O2/c1-16(23-26-22(27-31-23)19-5-3-2-4-6-19)28-11-13-29(14-12-28)20(21(25)30)18-9-7-17(15-24)8-10-18/h2-10,16,20H,11-14H2,1H3,(H2,25,30). The molecule has 0 aliphatic carbocycles. The van der Waals surface area contributed by atoms with Gasteiger partial charge < -0.3 is 10.3 Å². The van der Waals surface area contributed by atoms with Gasteiger partial charge in [-0.3, -0.25) is 14.6 Å². The van der Waals surface area contributed by atoms with Gasteiger partial charge in [-0.1, -0.05) is 47.6 Å². The largest absolute Gasteiger partial charge is 0.368 e. The number of carbonyl (C=O) groups excluding carboxylic acids is 1. The van der Waals surface area contributed by atoms with E-state index in [1.54, 1.807) is 24.3 Å². The number of piperazine rings is 1. The van der Waals surface area contributed by atoms with Gasteiger partial charge in [0, 0.05) is 31.7 Å². The summed E-state index contributed by atoms with van der Waals surface area (Å²) in [6.07, 6.45) is 0. The van der Waals surface area contributed by atoms with Crippen LogP contribution in [0.15, 0.2) is 59.1 Å². The van der Waals surface area contributed by atoms with E-state index in [-0.39, 0.29) is 6.04 Å². The van der Waals surface area contributed by atoms with E-state index in [0.717, 1.165) is 24.2 Å². The minimum Gasteiger partial charge on any atom is -0.368 e. The first-order valence-electron chi connectivity index (χ1n) is 10.2. The predicted octanol–water partition coefficient (Wildman–Crippen LogP) is 2.51. The molecule has 0 bridgehead atoms. The molecule has 1 saturated heterocycles. The lowest BCUT2D eigenvalue weighted by Gasteiger charge is -2.39. The van der Waals surface area contributed by atoms with Crippen molar-refractivity contribution in [2.75, 3.05) is 26.2 Å². The van der Waals surface area contributed by atoms with Crippen molar-refractivity contribution < 1.29 is 9.32 Å². The van der Waals surface area contributed by atoms with Crippen molar-refractivity contribution in [3.63, 3.8) is 0 Å². The number of hydrogen-bond donors (Lipinski definition) is 1. The normalized spacial score (nSPS) is 17.0. The minimum atomic E-state index is -0.515. The molecule has 2 atom stereocenters. The lowest BCUT2D eigenvalue weighted by molar-refractivity contribution is -0.124. The zero-order valence-electron chi connectivity index (χ0n) is 17.3. The first kappa shape index (κ1) is 20.7. The Morgan fingerprint density at radius 3 is 2.32 bits per heavy atom. The molecule has 2 heterocycles. The van der Waals surface area contributed by atoms with Crippen LogP contribution < -0.4 is 5.73 Å². The van der Waals surface area contributed by atoms with Gasteiger partial charge >= 0.3 is 0 Å². The second-order valence-electron chi connectivity index (χ2n) is 7.61. The Labute approximate surface area is 180 Å². The molecular weight excluding hydrogens is 392 g/mol. The molecule has 1 aromatic heterocycles. The second-order valence-corrected chi connectivity index (χ2v) is 7.61. The summed E-state index contributed by atoms with van der Waals surface area (Å²) in [5.41, 5.74) is 8.00. The number of aromatic nitrogens is 2. The average Bonchev–Trinajstić information content (AvgIpc) is 3.30. The van der Waals surface area contributed by atoms with Gasteiger partial charge in [-0.2, -0.15) is 10.2 Å². The average molecular weight is 416 g/mol. The quantitative estimate of drug-likeness (QED) is 0.657. The summed E-state index contributed by atoms with van der Waals surface area (Å²) in [6, 6.07) is 18.3. The fraction of sp³-hybridized carbons (Fsp3) is 0.304. The van der Waals surface area contributed by atoms with E-state index in [0.29, 0.717) is 30.4 Å². The topological polar surface area (TPSA) is 112 Å². The van der Waals surface area contributed by atoms with Crippen LogP contribution in [0, 0.1) is 11.3 Å². The smallest absolute Gasteiger partial charge is 0.244 e.